The van der Waals surface area contributed by atoms with E-state index in [9.17, 15) is 53.1 Å². The van der Waals surface area contributed by atoms with Gasteiger partial charge < -0.3 is 81.0 Å². The molecule has 0 saturated carbocycles. The zero-order valence-corrected chi connectivity index (χ0v) is 69.8. The lowest BCUT2D eigenvalue weighted by molar-refractivity contribution is 0.0282. The number of hydrogen-bond donors (Lipinski definition) is 6. The Morgan fingerprint density at radius 3 is 0.757 bits per heavy atom. The van der Waals surface area contributed by atoms with Crippen LogP contribution in [-0.4, -0.2) is 200 Å². The second kappa shape index (κ2) is 42.7. The van der Waals surface area contributed by atoms with Crippen LogP contribution in [-0.2, 0) is 28.4 Å². The summed E-state index contributed by atoms with van der Waals surface area (Å²) in [6.45, 7) is 30.7. The minimum Gasteiger partial charge on any atom is -0.478 e. The molecule has 0 aromatic heterocycles. The fraction of sp³-hybridized carbons (Fsp3) is 0.477. The van der Waals surface area contributed by atoms with E-state index in [1.807, 2.05) is 180 Å². The third-order valence-corrected chi connectivity index (χ3v) is 19.7. The molecule has 27 heteroatoms. The van der Waals surface area contributed by atoms with E-state index in [0.717, 1.165) is 98.1 Å². The third kappa shape index (κ3) is 28.4. The highest BCUT2D eigenvalue weighted by molar-refractivity contribution is 5.96. The largest absolute Gasteiger partial charge is 0.478 e. The van der Waals surface area contributed by atoms with E-state index in [1.165, 1.54) is 14.2 Å². The number of nitrogens with two attached hydrogens (primary N) is 3. The number of carbonyl (C=O) groups excluding carboxylic acids is 9. The van der Waals surface area contributed by atoms with Gasteiger partial charge in [-0.25, -0.2) is 33.6 Å². The van der Waals surface area contributed by atoms with Crippen molar-refractivity contribution >= 4 is 72.4 Å². The molecule has 6 fully saturated rings. The van der Waals surface area contributed by atoms with Crippen LogP contribution in [0.5, 0.6) is 0 Å². The number of nitrogens with one attached hydrogen (secondary N) is 2. The van der Waals surface area contributed by atoms with Crippen LogP contribution in [0, 0.1) is 0 Å². The average molecular weight is 1610 g/mol. The van der Waals surface area contributed by atoms with Crippen LogP contribution in [0.2, 0.25) is 0 Å². The van der Waals surface area contributed by atoms with Crippen LogP contribution in [0.1, 0.15) is 253 Å². The standard InChI is InChI=1S/C17H23NO4.2C16H22N2O3.C16H21NO4.C12H15NO2.C11H14N2O.ClH/c1-17(2,3)22-16(20)18-10-9-12(11-18)13-7-5-6-8-14(13)15(19)21-4;2*1-16(2,3)21-15(20)18-9-8-11(10-18)12-6-4-5-7-13(12)14(17)19;1-16(2,3)21-15(20)17-9-8-11(10-17)12-6-4-5-7-13(12)14(18)19;1-15-12(14)11-5-3-2-4-10(11)9-6-7-13-8-9;12-11(14)10-4-2-1-3-9(10)8-5-6-13-7-8;/h5-8,12H,9-11H2,1-4H3;2*4-7,11H,8-10H2,1-3H3,(H2,17,19);4-7,11H,8-10H2,1-3H3,(H,18,19);2-5,9,13H,6-8H2,1H3;1-4,8,13H,5-7H2,(H2,12,14);1H. The first-order chi connectivity index (χ1) is 53.8. The van der Waals surface area contributed by atoms with Crippen LogP contribution in [0.4, 0.5) is 19.2 Å². The van der Waals surface area contributed by atoms with Crippen molar-refractivity contribution in [3.8, 4) is 0 Å². The van der Waals surface area contributed by atoms with E-state index in [0.29, 0.717) is 97.6 Å². The van der Waals surface area contributed by atoms with Gasteiger partial charge in [-0.1, -0.05) is 109 Å². The molecule has 624 valence electrons. The molecule has 6 unspecified atom stereocenters. The van der Waals surface area contributed by atoms with Crippen molar-refractivity contribution < 1.29 is 81.5 Å². The number of benzene rings is 6. The number of aromatic carboxylic acids is 1. The van der Waals surface area contributed by atoms with Gasteiger partial charge >= 0.3 is 42.3 Å². The van der Waals surface area contributed by atoms with Crippen molar-refractivity contribution in [2.24, 2.45) is 17.2 Å². The summed E-state index contributed by atoms with van der Waals surface area (Å²) in [6.07, 6.45) is 4.12. The minimum atomic E-state index is -0.929. The first-order valence-electron chi connectivity index (χ1n) is 38.9. The van der Waals surface area contributed by atoms with Gasteiger partial charge in [-0.3, -0.25) is 14.4 Å². The van der Waals surface area contributed by atoms with Gasteiger partial charge in [0, 0.05) is 106 Å². The number of esters is 2. The van der Waals surface area contributed by atoms with Crippen molar-refractivity contribution in [1.82, 2.24) is 30.2 Å². The molecule has 115 heavy (non-hydrogen) atoms. The Morgan fingerprint density at radius 1 is 0.330 bits per heavy atom. The van der Waals surface area contributed by atoms with Gasteiger partial charge in [-0.05, 0) is 216 Å². The van der Waals surface area contributed by atoms with E-state index in [2.05, 4.69) is 10.6 Å². The predicted molar refractivity (Wildman–Crippen MR) is 442 cm³/mol. The number of hydrogen-bond acceptors (Lipinski definition) is 18. The maximum atomic E-state index is 12.1. The zero-order chi connectivity index (χ0) is 83.8. The molecular weight excluding hydrogens is 1490 g/mol. The van der Waals surface area contributed by atoms with Gasteiger partial charge in [0.2, 0.25) is 17.7 Å². The van der Waals surface area contributed by atoms with E-state index < -0.39 is 40.2 Å². The van der Waals surface area contributed by atoms with Gasteiger partial charge in [0.15, 0.2) is 0 Å². The molecule has 7 amide bonds. The molecule has 6 heterocycles. The van der Waals surface area contributed by atoms with Crippen LogP contribution in [0.3, 0.4) is 0 Å². The fourth-order valence-electron chi connectivity index (χ4n) is 14.4. The Kier molecular flexibility index (Phi) is 34.6. The SMILES string of the molecule is CC(C)(C)OC(=O)N1CCC(c2ccccc2C(=O)O)C1.CC(C)(C)OC(=O)N1CCC(c2ccccc2C(N)=O)C1.CC(C)(C)OC(=O)N1CCC(c2ccccc2C(N)=O)C1.COC(=O)c1ccccc1C1CCN(C(=O)OC(C)(C)C)C1.COC(=O)c1ccccc1C1CCNC1.Cl.NC(=O)c1ccccc1C1CCNC1. The number of rotatable bonds is 12. The van der Waals surface area contributed by atoms with Gasteiger partial charge in [0.25, 0.3) is 0 Å². The Bertz CT molecular complexity index is 4070. The molecule has 26 nitrogen and oxygen atoms in total. The number of likely N-dealkylation sites (tertiary alicyclic amines) is 4. The quantitative estimate of drug-likeness (QED) is 0.0489. The summed E-state index contributed by atoms with van der Waals surface area (Å²) in [7, 11) is 2.80. The highest BCUT2D eigenvalue weighted by Gasteiger charge is 2.37. The Labute approximate surface area is 682 Å². The summed E-state index contributed by atoms with van der Waals surface area (Å²) < 4.78 is 31.1. The lowest BCUT2D eigenvalue weighted by Crippen LogP contribution is -2.35. The number of nitrogens with zero attached hydrogens (tertiary/aromatic N) is 4. The van der Waals surface area contributed by atoms with E-state index in [4.69, 9.17) is 45.6 Å². The zero-order valence-electron chi connectivity index (χ0n) is 69.0. The number of carboxylic acid groups (broad SMARTS) is 1. The Morgan fingerprint density at radius 2 is 0.539 bits per heavy atom. The van der Waals surface area contributed by atoms with Crippen molar-refractivity contribution in [1.29, 1.82) is 0 Å². The third-order valence-electron chi connectivity index (χ3n) is 19.7. The predicted octanol–water partition coefficient (Wildman–Crippen LogP) is 14.2. The number of carbonyl (C=O) groups is 10. The summed E-state index contributed by atoms with van der Waals surface area (Å²) in [5.74, 6) is -1.38. The number of amides is 7. The highest BCUT2D eigenvalue weighted by atomic mass is 35.5. The summed E-state index contributed by atoms with van der Waals surface area (Å²) in [4.78, 5) is 124. The molecule has 9 N–H and O–H groups in total. The molecule has 12 rings (SSSR count). The topological polar surface area (TPSA) is 361 Å². The second-order valence-electron chi connectivity index (χ2n) is 32.9. The summed E-state index contributed by atoms with van der Waals surface area (Å²) in [5.41, 5.74) is 23.2. The molecule has 6 aliphatic heterocycles. The molecule has 6 aromatic rings. The molecule has 6 aromatic carbocycles. The van der Waals surface area contributed by atoms with Crippen molar-refractivity contribution in [2.75, 3.05) is 92.8 Å². The van der Waals surface area contributed by atoms with Crippen molar-refractivity contribution in [2.45, 2.75) is 180 Å². The summed E-state index contributed by atoms with van der Waals surface area (Å²) in [5, 5.41) is 15.8. The first-order valence-corrected chi connectivity index (χ1v) is 38.9. The molecule has 0 spiro atoms. The maximum absolute atomic E-state index is 12.1. The molecule has 6 atom stereocenters. The van der Waals surface area contributed by atoms with Crippen molar-refractivity contribution in [3.05, 3.63) is 212 Å². The van der Waals surface area contributed by atoms with Gasteiger partial charge in [-0.15, -0.1) is 12.4 Å². The number of methoxy groups -OCH3 is 2. The molecule has 6 aliphatic rings. The van der Waals surface area contributed by atoms with Crippen LogP contribution in [0.25, 0.3) is 0 Å². The number of halogens is 1. The van der Waals surface area contributed by atoms with E-state index >= 15 is 0 Å². The fourth-order valence-corrected chi connectivity index (χ4v) is 14.4. The van der Waals surface area contributed by atoms with Gasteiger partial charge in [0.1, 0.15) is 22.4 Å². The molecular formula is C88H118ClN9O17. The number of primary amides is 3. The molecule has 0 bridgehead atoms. The number of carboxylic acids is 1. The number of ether oxygens (including phenoxy) is 6. The summed E-state index contributed by atoms with van der Waals surface area (Å²) >= 11 is 0. The highest BCUT2D eigenvalue weighted by Crippen LogP contribution is 2.36. The first kappa shape index (κ1) is 93.3. The van der Waals surface area contributed by atoms with Crippen LogP contribution < -0.4 is 27.8 Å². The Hall–Kier alpha value is -10.6. The smallest absolute Gasteiger partial charge is 0.410 e. The molecule has 0 aliphatic carbocycles. The normalized spacial score (nSPS) is 18.9. The van der Waals surface area contributed by atoms with Crippen LogP contribution >= 0.6 is 12.4 Å². The average Bonchev–Trinajstić information content (AvgIpc) is 1.72. The lowest BCUT2D eigenvalue weighted by Gasteiger charge is -2.24. The minimum absolute atomic E-state index is 0. The Balaban J connectivity index is 0.000000216. The van der Waals surface area contributed by atoms with Gasteiger partial charge in [0.05, 0.1) is 30.9 Å². The molecule has 6 saturated heterocycles. The molecule has 0 radical (unpaired) electrons. The second-order valence-corrected chi connectivity index (χ2v) is 32.9. The lowest BCUT2D eigenvalue weighted by atomic mass is 9.93. The van der Waals surface area contributed by atoms with Crippen molar-refractivity contribution in [3.63, 3.8) is 0 Å². The monoisotopic (exact) mass is 1610 g/mol. The van der Waals surface area contributed by atoms with E-state index in [1.54, 1.807) is 68.1 Å². The summed E-state index contributed by atoms with van der Waals surface area (Å²) in [6, 6.07) is 44.3. The van der Waals surface area contributed by atoms with Gasteiger partial charge in [-0.2, -0.15) is 0 Å². The van der Waals surface area contributed by atoms with Crippen LogP contribution in [0.15, 0.2) is 146 Å². The maximum Gasteiger partial charge on any atom is 0.410 e. The van der Waals surface area contributed by atoms with E-state index in [-0.39, 0.29) is 78.3 Å².